The van der Waals surface area contributed by atoms with Gasteiger partial charge < -0.3 is 16.2 Å². The van der Waals surface area contributed by atoms with Crippen LogP contribution in [0.2, 0.25) is 0 Å². The highest BCUT2D eigenvalue weighted by Gasteiger charge is 2.25. The van der Waals surface area contributed by atoms with Gasteiger partial charge in [0.05, 0.1) is 6.61 Å². The Morgan fingerprint density at radius 3 is 2.50 bits per heavy atom. The number of primary amides is 1. The van der Waals surface area contributed by atoms with Crippen LogP contribution in [0.3, 0.4) is 0 Å². The molecule has 4 N–H and O–H groups in total. The smallest absolute Gasteiger partial charge is 0.239 e. The largest absolute Gasteiger partial charge is 0.379 e. The van der Waals surface area contributed by atoms with Crippen molar-refractivity contribution in [2.75, 3.05) is 13.2 Å². The summed E-state index contributed by atoms with van der Waals surface area (Å²) >= 11 is 0. The molecule has 0 aliphatic heterocycles. The van der Waals surface area contributed by atoms with Crippen molar-refractivity contribution >= 4 is 5.91 Å². The molecular formula is C6H14N2O2. The maximum absolute atomic E-state index is 10.5. The summed E-state index contributed by atoms with van der Waals surface area (Å²) in [6.45, 7) is 4.10. The topological polar surface area (TPSA) is 78.3 Å². The molecule has 0 fully saturated rings. The molecule has 4 nitrogen and oxygen atoms in total. The zero-order valence-electron chi connectivity index (χ0n) is 6.39. The van der Waals surface area contributed by atoms with Gasteiger partial charge in [-0.2, -0.15) is 0 Å². The molecule has 0 unspecified atom stereocenters. The summed E-state index contributed by atoms with van der Waals surface area (Å²) in [5.41, 5.74) is 9.38. The molecule has 0 aromatic rings. The molecule has 0 aliphatic rings. The van der Waals surface area contributed by atoms with Gasteiger partial charge in [0.15, 0.2) is 0 Å². The molecule has 0 bridgehead atoms. The van der Waals surface area contributed by atoms with Crippen LogP contribution in [0.25, 0.3) is 0 Å². The molecule has 0 spiro atoms. The highest BCUT2D eigenvalue weighted by atomic mass is 16.5. The summed E-state index contributed by atoms with van der Waals surface area (Å²) in [5, 5.41) is 0. The minimum absolute atomic E-state index is 0.179. The molecule has 0 saturated carbocycles. The van der Waals surface area contributed by atoms with E-state index in [9.17, 15) is 4.79 Å². The van der Waals surface area contributed by atoms with E-state index in [1.807, 2.05) is 6.92 Å². The average molecular weight is 146 g/mol. The predicted molar refractivity (Wildman–Crippen MR) is 38.3 cm³/mol. The Bertz CT molecular complexity index is 123. The van der Waals surface area contributed by atoms with Crippen molar-refractivity contribution in [1.82, 2.24) is 0 Å². The van der Waals surface area contributed by atoms with Gasteiger partial charge in [0.25, 0.3) is 0 Å². The van der Waals surface area contributed by atoms with Gasteiger partial charge in [0.1, 0.15) is 5.54 Å². The van der Waals surface area contributed by atoms with Crippen LogP contribution in [0.15, 0.2) is 0 Å². The Morgan fingerprint density at radius 2 is 2.20 bits per heavy atom. The lowest BCUT2D eigenvalue weighted by Crippen LogP contribution is -2.52. The van der Waals surface area contributed by atoms with Crippen LogP contribution in [-0.2, 0) is 9.53 Å². The van der Waals surface area contributed by atoms with E-state index in [2.05, 4.69) is 0 Å². The third-order valence-electron chi connectivity index (χ3n) is 1.17. The molecule has 0 aromatic carbocycles. The second-order valence-corrected chi connectivity index (χ2v) is 2.42. The second kappa shape index (κ2) is 3.53. The Morgan fingerprint density at radius 1 is 1.70 bits per heavy atom. The molecule has 4 heteroatoms. The second-order valence-electron chi connectivity index (χ2n) is 2.42. The van der Waals surface area contributed by atoms with Gasteiger partial charge in [-0.25, -0.2) is 0 Å². The van der Waals surface area contributed by atoms with Crippen molar-refractivity contribution in [3.63, 3.8) is 0 Å². The number of amides is 1. The summed E-state index contributed by atoms with van der Waals surface area (Å²) in [4.78, 5) is 10.5. The van der Waals surface area contributed by atoms with Gasteiger partial charge in [0.2, 0.25) is 5.91 Å². The molecule has 1 atom stereocenters. The third kappa shape index (κ3) is 2.80. The standard InChI is InChI=1S/C6H14N2O2/c1-3-10-4-6(2,8)5(7)9/h3-4,8H2,1-2H3,(H2,7,9)/t6-/m0/s1. The lowest BCUT2D eigenvalue weighted by atomic mass is 10.1. The first-order chi connectivity index (χ1) is 4.50. The van der Waals surface area contributed by atoms with Crippen LogP contribution in [0.4, 0.5) is 0 Å². The molecule has 0 radical (unpaired) electrons. The zero-order valence-corrected chi connectivity index (χ0v) is 6.39. The van der Waals surface area contributed by atoms with E-state index in [-0.39, 0.29) is 6.61 Å². The van der Waals surface area contributed by atoms with Gasteiger partial charge in [-0.05, 0) is 13.8 Å². The first-order valence-corrected chi connectivity index (χ1v) is 3.17. The molecule has 0 saturated heterocycles. The van der Waals surface area contributed by atoms with Crippen molar-refractivity contribution in [3.05, 3.63) is 0 Å². The number of hydrogen-bond acceptors (Lipinski definition) is 3. The van der Waals surface area contributed by atoms with Gasteiger partial charge >= 0.3 is 0 Å². The normalized spacial score (nSPS) is 16.3. The van der Waals surface area contributed by atoms with E-state index in [0.717, 1.165) is 0 Å². The summed E-state index contributed by atoms with van der Waals surface area (Å²) in [5.74, 6) is -0.541. The number of carbonyl (C=O) groups is 1. The Balaban J connectivity index is 3.75. The number of rotatable bonds is 4. The number of carbonyl (C=O) groups excluding carboxylic acids is 1. The highest BCUT2D eigenvalue weighted by Crippen LogP contribution is 1.97. The first-order valence-electron chi connectivity index (χ1n) is 3.17. The maximum Gasteiger partial charge on any atom is 0.239 e. The van der Waals surface area contributed by atoms with Crippen LogP contribution in [0.5, 0.6) is 0 Å². The third-order valence-corrected chi connectivity index (χ3v) is 1.17. The first kappa shape index (κ1) is 9.39. The minimum Gasteiger partial charge on any atom is -0.379 e. The minimum atomic E-state index is -1.03. The van der Waals surface area contributed by atoms with Crippen LogP contribution in [0, 0.1) is 0 Å². The van der Waals surface area contributed by atoms with Crippen LogP contribution in [-0.4, -0.2) is 24.7 Å². The number of ether oxygens (including phenoxy) is 1. The van der Waals surface area contributed by atoms with Crippen molar-refractivity contribution in [3.8, 4) is 0 Å². The SMILES string of the molecule is CCOC[C@](C)(N)C(N)=O. The van der Waals surface area contributed by atoms with E-state index in [4.69, 9.17) is 16.2 Å². The molecular weight excluding hydrogens is 132 g/mol. The van der Waals surface area contributed by atoms with E-state index >= 15 is 0 Å². The van der Waals surface area contributed by atoms with Crippen LogP contribution >= 0.6 is 0 Å². The highest BCUT2D eigenvalue weighted by molar-refractivity contribution is 5.83. The van der Waals surface area contributed by atoms with Gasteiger partial charge in [-0.15, -0.1) is 0 Å². The van der Waals surface area contributed by atoms with E-state index in [1.165, 1.54) is 0 Å². The van der Waals surface area contributed by atoms with Gasteiger partial charge in [0, 0.05) is 6.61 Å². The molecule has 0 aliphatic carbocycles. The molecule has 60 valence electrons. The summed E-state index contributed by atoms with van der Waals surface area (Å²) in [6, 6.07) is 0. The summed E-state index contributed by atoms with van der Waals surface area (Å²) in [6.07, 6.45) is 0. The summed E-state index contributed by atoms with van der Waals surface area (Å²) in [7, 11) is 0. The fraction of sp³-hybridized carbons (Fsp3) is 0.833. The van der Waals surface area contributed by atoms with Crippen molar-refractivity contribution in [2.24, 2.45) is 11.5 Å². The van der Waals surface area contributed by atoms with Gasteiger partial charge in [-0.3, -0.25) is 4.79 Å². The quantitative estimate of drug-likeness (QED) is 0.546. The van der Waals surface area contributed by atoms with Crippen molar-refractivity contribution < 1.29 is 9.53 Å². The molecule has 0 heterocycles. The number of hydrogen-bond donors (Lipinski definition) is 2. The number of nitrogens with two attached hydrogens (primary N) is 2. The summed E-state index contributed by atoms with van der Waals surface area (Å²) < 4.78 is 4.93. The fourth-order valence-corrected chi connectivity index (χ4v) is 0.385. The van der Waals surface area contributed by atoms with Gasteiger partial charge in [-0.1, -0.05) is 0 Å². The molecule has 0 rings (SSSR count). The average Bonchev–Trinajstić information content (AvgIpc) is 1.84. The Kier molecular flexibility index (Phi) is 3.32. The van der Waals surface area contributed by atoms with Crippen LogP contribution < -0.4 is 11.5 Å². The van der Waals surface area contributed by atoms with E-state index in [0.29, 0.717) is 6.61 Å². The Labute approximate surface area is 60.5 Å². The van der Waals surface area contributed by atoms with Crippen LogP contribution in [0.1, 0.15) is 13.8 Å². The maximum atomic E-state index is 10.5. The monoisotopic (exact) mass is 146 g/mol. The lowest BCUT2D eigenvalue weighted by molar-refractivity contribution is -0.124. The molecule has 1 amide bonds. The zero-order chi connectivity index (χ0) is 8.20. The Hall–Kier alpha value is -0.610. The fourth-order valence-electron chi connectivity index (χ4n) is 0.385. The predicted octanol–water partition coefficient (Wildman–Crippen LogP) is -0.774. The molecule has 10 heavy (non-hydrogen) atoms. The molecule has 0 aromatic heterocycles. The van der Waals surface area contributed by atoms with E-state index in [1.54, 1.807) is 6.92 Å². The van der Waals surface area contributed by atoms with E-state index < -0.39 is 11.4 Å². The van der Waals surface area contributed by atoms with Crippen molar-refractivity contribution in [1.29, 1.82) is 0 Å². The lowest BCUT2D eigenvalue weighted by Gasteiger charge is -2.19. The van der Waals surface area contributed by atoms with Crippen molar-refractivity contribution in [2.45, 2.75) is 19.4 Å².